The lowest BCUT2D eigenvalue weighted by atomic mass is 10.1. The topological polar surface area (TPSA) is 95.8 Å². The summed E-state index contributed by atoms with van der Waals surface area (Å²) in [6, 6.07) is 22.4. The minimum absolute atomic E-state index is 0.0146. The first-order valence-electron chi connectivity index (χ1n) is 10.3. The molecule has 3 aromatic rings. The van der Waals surface area contributed by atoms with E-state index in [1.165, 1.54) is 18.2 Å². The first-order chi connectivity index (χ1) is 15.5. The van der Waals surface area contributed by atoms with Crippen LogP contribution < -0.4 is 10.2 Å². The number of nitrogens with one attached hydrogen (secondary N) is 1. The molecule has 8 heteroatoms. The van der Waals surface area contributed by atoms with Crippen LogP contribution in [0, 0.1) is 10.1 Å². The first-order valence-corrected chi connectivity index (χ1v) is 10.3. The zero-order valence-electron chi connectivity index (χ0n) is 17.3. The van der Waals surface area contributed by atoms with Crippen molar-refractivity contribution in [3.8, 4) is 0 Å². The Morgan fingerprint density at radius 2 is 1.44 bits per heavy atom. The SMILES string of the molecule is O=C(Nc1ccc(N2CCN(C(=O)c3ccccc3)CC2)cc1)c1ccccc1[N+](=O)[O-]. The van der Waals surface area contributed by atoms with Gasteiger partial charge in [-0.15, -0.1) is 0 Å². The van der Waals surface area contributed by atoms with Crippen LogP contribution in [0.3, 0.4) is 0 Å². The van der Waals surface area contributed by atoms with Gasteiger partial charge in [0.2, 0.25) is 0 Å². The first kappa shape index (κ1) is 21.0. The summed E-state index contributed by atoms with van der Waals surface area (Å²) >= 11 is 0. The number of carbonyl (C=O) groups excluding carboxylic acids is 2. The Kier molecular flexibility index (Phi) is 6.12. The van der Waals surface area contributed by atoms with Gasteiger partial charge in [-0.2, -0.15) is 0 Å². The maximum absolute atomic E-state index is 12.6. The average Bonchev–Trinajstić information content (AvgIpc) is 2.84. The number of nitrogens with zero attached hydrogens (tertiary/aromatic N) is 3. The molecule has 1 heterocycles. The molecule has 1 aliphatic rings. The second-order valence-electron chi connectivity index (χ2n) is 7.42. The number of carbonyl (C=O) groups is 2. The average molecular weight is 430 g/mol. The fraction of sp³-hybridized carbons (Fsp3) is 0.167. The number of benzene rings is 3. The number of piperazine rings is 1. The molecule has 0 unspecified atom stereocenters. The quantitative estimate of drug-likeness (QED) is 0.491. The molecule has 162 valence electrons. The molecule has 3 aromatic carbocycles. The van der Waals surface area contributed by atoms with Crippen LogP contribution in [0.25, 0.3) is 0 Å². The van der Waals surface area contributed by atoms with E-state index in [2.05, 4.69) is 10.2 Å². The molecule has 32 heavy (non-hydrogen) atoms. The zero-order chi connectivity index (χ0) is 22.5. The van der Waals surface area contributed by atoms with Crippen molar-refractivity contribution in [1.29, 1.82) is 0 Å². The minimum Gasteiger partial charge on any atom is -0.368 e. The normalized spacial score (nSPS) is 13.5. The van der Waals surface area contributed by atoms with Crippen molar-refractivity contribution < 1.29 is 14.5 Å². The summed E-state index contributed by atoms with van der Waals surface area (Å²) in [5, 5.41) is 13.8. The van der Waals surface area contributed by atoms with Gasteiger partial charge in [-0.25, -0.2) is 0 Å². The molecule has 1 aliphatic heterocycles. The number of anilines is 2. The molecule has 0 aliphatic carbocycles. The minimum atomic E-state index is -0.569. The molecular weight excluding hydrogens is 408 g/mol. The van der Waals surface area contributed by atoms with Crippen LogP contribution in [-0.4, -0.2) is 47.8 Å². The molecule has 0 aromatic heterocycles. The maximum atomic E-state index is 12.6. The van der Waals surface area contributed by atoms with E-state index in [9.17, 15) is 19.7 Å². The highest BCUT2D eigenvalue weighted by molar-refractivity contribution is 6.07. The predicted octanol–water partition coefficient (Wildman–Crippen LogP) is 3.81. The van der Waals surface area contributed by atoms with Crippen molar-refractivity contribution >= 4 is 28.9 Å². The second-order valence-corrected chi connectivity index (χ2v) is 7.42. The third kappa shape index (κ3) is 4.59. The smallest absolute Gasteiger partial charge is 0.282 e. The van der Waals surface area contributed by atoms with Crippen molar-refractivity contribution in [3.05, 3.63) is 100 Å². The summed E-state index contributed by atoms with van der Waals surface area (Å²) < 4.78 is 0. The van der Waals surface area contributed by atoms with E-state index >= 15 is 0 Å². The molecule has 4 rings (SSSR count). The van der Waals surface area contributed by atoms with Gasteiger partial charge in [-0.1, -0.05) is 30.3 Å². The third-order valence-electron chi connectivity index (χ3n) is 5.42. The summed E-state index contributed by atoms with van der Waals surface area (Å²) in [6.45, 7) is 2.68. The van der Waals surface area contributed by atoms with Crippen molar-refractivity contribution in [1.82, 2.24) is 4.90 Å². The van der Waals surface area contributed by atoms with Crippen molar-refractivity contribution in [2.24, 2.45) is 0 Å². The Bertz CT molecular complexity index is 1120. The van der Waals surface area contributed by atoms with Gasteiger partial charge in [-0.3, -0.25) is 19.7 Å². The zero-order valence-corrected chi connectivity index (χ0v) is 17.3. The molecule has 2 amide bonds. The van der Waals surface area contributed by atoms with Crippen LogP contribution in [0.2, 0.25) is 0 Å². The summed E-state index contributed by atoms with van der Waals surface area (Å²) in [4.78, 5) is 39.7. The summed E-state index contributed by atoms with van der Waals surface area (Å²) in [6.07, 6.45) is 0. The number of nitro groups is 1. The Balaban J connectivity index is 1.36. The van der Waals surface area contributed by atoms with E-state index in [0.717, 1.165) is 5.69 Å². The van der Waals surface area contributed by atoms with Gasteiger partial charge in [0.15, 0.2) is 0 Å². The molecular formula is C24H22N4O4. The van der Waals surface area contributed by atoms with E-state index in [0.29, 0.717) is 37.4 Å². The Labute approximate surface area is 185 Å². The molecule has 0 spiro atoms. The summed E-state index contributed by atoms with van der Waals surface area (Å²) in [5.74, 6) is -0.489. The Morgan fingerprint density at radius 1 is 0.812 bits per heavy atom. The highest BCUT2D eigenvalue weighted by atomic mass is 16.6. The van der Waals surface area contributed by atoms with Crippen LogP contribution in [0.5, 0.6) is 0 Å². The lowest BCUT2D eigenvalue weighted by molar-refractivity contribution is -0.385. The predicted molar refractivity (Wildman–Crippen MR) is 122 cm³/mol. The highest BCUT2D eigenvalue weighted by Gasteiger charge is 2.23. The largest absolute Gasteiger partial charge is 0.368 e. The van der Waals surface area contributed by atoms with Crippen molar-refractivity contribution in [2.75, 3.05) is 36.4 Å². The Morgan fingerprint density at radius 3 is 2.09 bits per heavy atom. The third-order valence-corrected chi connectivity index (χ3v) is 5.42. The molecule has 1 fully saturated rings. The molecule has 0 radical (unpaired) electrons. The lowest BCUT2D eigenvalue weighted by Crippen LogP contribution is -2.48. The van der Waals surface area contributed by atoms with Gasteiger partial charge >= 0.3 is 0 Å². The van der Waals surface area contributed by atoms with Gasteiger partial charge in [0.05, 0.1) is 4.92 Å². The van der Waals surface area contributed by atoms with Gasteiger partial charge in [0, 0.05) is 49.2 Å². The van der Waals surface area contributed by atoms with Gasteiger partial charge in [0.25, 0.3) is 17.5 Å². The number of amides is 2. The summed E-state index contributed by atoms with van der Waals surface area (Å²) in [7, 11) is 0. The van der Waals surface area contributed by atoms with E-state index in [4.69, 9.17) is 0 Å². The number of nitro benzene ring substituents is 1. The van der Waals surface area contributed by atoms with Crippen LogP contribution in [0.4, 0.5) is 17.1 Å². The monoisotopic (exact) mass is 430 g/mol. The second kappa shape index (κ2) is 9.30. The maximum Gasteiger partial charge on any atom is 0.282 e. The molecule has 0 bridgehead atoms. The number of hydrogen-bond donors (Lipinski definition) is 1. The number of hydrogen-bond acceptors (Lipinski definition) is 5. The molecule has 1 N–H and O–H groups in total. The number of para-hydroxylation sites is 1. The van der Waals surface area contributed by atoms with E-state index in [1.807, 2.05) is 47.4 Å². The fourth-order valence-electron chi connectivity index (χ4n) is 3.71. The van der Waals surface area contributed by atoms with Crippen LogP contribution in [-0.2, 0) is 0 Å². The fourth-order valence-corrected chi connectivity index (χ4v) is 3.71. The van der Waals surface area contributed by atoms with Crippen LogP contribution in [0.1, 0.15) is 20.7 Å². The van der Waals surface area contributed by atoms with Crippen molar-refractivity contribution in [2.45, 2.75) is 0 Å². The van der Waals surface area contributed by atoms with E-state index in [1.54, 1.807) is 18.2 Å². The number of rotatable bonds is 5. The van der Waals surface area contributed by atoms with Crippen LogP contribution in [0.15, 0.2) is 78.9 Å². The van der Waals surface area contributed by atoms with Gasteiger partial charge in [0.1, 0.15) is 5.56 Å². The molecule has 0 saturated carbocycles. The van der Waals surface area contributed by atoms with E-state index < -0.39 is 10.8 Å². The molecule has 1 saturated heterocycles. The lowest BCUT2D eigenvalue weighted by Gasteiger charge is -2.36. The van der Waals surface area contributed by atoms with E-state index in [-0.39, 0.29) is 17.2 Å². The highest BCUT2D eigenvalue weighted by Crippen LogP contribution is 2.22. The standard InChI is InChI=1S/C24H22N4O4/c29-23(21-8-4-5-9-22(21)28(31)32)25-19-10-12-20(13-11-19)26-14-16-27(17-15-26)24(30)18-6-2-1-3-7-18/h1-13H,14-17H2,(H,25,29). The van der Waals surface area contributed by atoms with Gasteiger partial charge < -0.3 is 15.1 Å². The molecule has 8 nitrogen and oxygen atoms in total. The van der Waals surface area contributed by atoms with Crippen LogP contribution >= 0.6 is 0 Å². The van der Waals surface area contributed by atoms with Gasteiger partial charge in [-0.05, 0) is 42.5 Å². The van der Waals surface area contributed by atoms with Crippen molar-refractivity contribution in [3.63, 3.8) is 0 Å². The Hall–Kier alpha value is -4.20. The molecule has 0 atom stereocenters. The summed E-state index contributed by atoms with van der Waals surface area (Å²) in [5.41, 5.74) is 2.01.